The lowest BCUT2D eigenvalue weighted by atomic mass is 9.85. The van der Waals surface area contributed by atoms with Gasteiger partial charge in [0.15, 0.2) is 0 Å². The van der Waals surface area contributed by atoms with Gasteiger partial charge >= 0.3 is 0 Å². The molecule has 0 radical (unpaired) electrons. The molecule has 110 valence electrons. The van der Waals surface area contributed by atoms with Gasteiger partial charge < -0.3 is 4.74 Å². The highest BCUT2D eigenvalue weighted by Crippen LogP contribution is 2.27. The highest BCUT2D eigenvalue weighted by molar-refractivity contribution is 4.74. The molecule has 1 atom stereocenters. The average molecular weight is 256 g/mol. The van der Waals surface area contributed by atoms with Gasteiger partial charge in [-0.3, -0.25) is 0 Å². The lowest BCUT2D eigenvalue weighted by Gasteiger charge is -2.31. The summed E-state index contributed by atoms with van der Waals surface area (Å²) in [6.07, 6.45) is 12.4. The van der Waals surface area contributed by atoms with Gasteiger partial charge in [-0.25, -0.2) is 0 Å². The van der Waals surface area contributed by atoms with E-state index in [0.717, 1.165) is 6.61 Å². The van der Waals surface area contributed by atoms with Gasteiger partial charge in [0.05, 0.1) is 6.10 Å². The Labute approximate surface area is 116 Å². The maximum atomic E-state index is 6.07. The van der Waals surface area contributed by atoms with Crippen molar-refractivity contribution in [2.75, 3.05) is 6.61 Å². The van der Waals surface area contributed by atoms with Crippen LogP contribution in [0.3, 0.4) is 0 Å². The van der Waals surface area contributed by atoms with Crippen LogP contribution in [-0.2, 0) is 4.74 Å². The molecule has 18 heavy (non-hydrogen) atoms. The zero-order valence-electron chi connectivity index (χ0n) is 13.6. The molecule has 0 saturated heterocycles. The first-order chi connectivity index (χ1) is 8.52. The monoisotopic (exact) mass is 256 g/mol. The third-order valence-electron chi connectivity index (χ3n) is 3.60. The van der Waals surface area contributed by atoms with E-state index in [2.05, 4.69) is 34.6 Å². The molecule has 0 aliphatic carbocycles. The standard InChI is InChI=1S/C17H36O/c1-6-8-10-11-12-13-14-16(17(3,4)5)18-15-9-7-2/h16H,6-15H2,1-5H3. The molecule has 0 aromatic carbocycles. The predicted octanol–water partition coefficient (Wildman–Crippen LogP) is 5.97. The molecule has 0 rings (SSSR count). The second kappa shape index (κ2) is 10.8. The second-order valence-electron chi connectivity index (χ2n) is 6.64. The summed E-state index contributed by atoms with van der Waals surface area (Å²) in [7, 11) is 0. The van der Waals surface area contributed by atoms with Gasteiger partial charge in [-0.1, -0.05) is 79.6 Å². The minimum atomic E-state index is 0.289. The fourth-order valence-electron chi connectivity index (χ4n) is 2.25. The zero-order chi connectivity index (χ0) is 13.9. The van der Waals surface area contributed by atoms with Gasteiger partial charge in [0.2, 0.25) is 0 Å². The molecule has 0 amide bonds. The van der Waals surface area contributed by atoms with Crippen molar-refractivity contribution in [3.63, 3.8) is 0 Å². The van der Waals surface area contributed by atoms with Crippen LogP contribution >= 0.6 is 0 Å². The summed E-state index contributed by atoms with van der Waals surface area (Å²) in [5.74, 6) is 0. The highest BCUT2D eigenvalue weighted by atomic mass is 16.5. The Kier molecular flexibility index (Phi) is 10.8. The van der Waals surface area contributed by atoms with Crippen LogP contribution in [-0.4, -0.2) is 12.7 Å². The fourth-order valence-corrected chi connectivity index (χ4v) is 2.25. The molecule has 0 aromatic rings. The van der Waals surface area contributed by atoms with Crippen LogP contribution in [0.4, 0.5) is 0 Å². The molecule has 0 bridgehead atoms. The van der Waals surface area contributed by atoms with Crippen molar-refractivity contribution in [1.29, 1.82) is 0 Å². The van der Waals surface area contributed by atoms with Crippen molar-refractivity contribution < 1.29 is 4.74 Å². The average Bonchev–Trinajstić information content (AvgIpc) is 2.30. The van der Waals surface area contributed by atoms with Crippen LogP contribution in [0.2, 0.25) is 0 Å². The summed E-state index contributed by atoms with van der Waals surface area (Å²) in [5.41, 5.74) is 0.289. The third-order valence-corrected chi connectivity index (χ3v) is 3.60. The molecule has 0 fully saturated rings. The Hall–Kier alpha value is -0.0400. The number of rotatable bonds is 11. The lowest BCUT2D eigenvalue weighted by Crippen LogP contribution is -2.29. The first-order valence-corrected chi connectivity index (χ1v) is 8.14. The van der Waals surface area contributed by atoms with Crippen molar-refractivity contribution in [3.8, 4) is 0 Å². The molecule has 0 aliphatic heterocycles. The summed E-state index contributed by atoms with van der Waals surface area (Å²) in [6.45, 7) is 12.4. The Morgan fingerprint density at radius 1 is 0.778 bits per heavy atom. The molecular weight excluding hydrogens is 220 g/mol. The van der Waals surface area contributed by atoms with E-state index in [0.29, 0.717) is 6.10 Å². The van der Waals surface area contributed by atoms with Gasteiger partial charge in [0.25, 0.3) is 0 Å². The van der Waals surface area contributed by atoms with E-state index in [1.807, 2.05) is 0 Å². The summed E-state index contributed by atoms with van der Waals surface area (Å²) in [6, 6.07) is 0. The summed E-state index contributed by atoms with van der Waals surface area (Å²) >= 11 is 0. The molecule has 0 aliphatic rings. The van der Waals surface area contributed by atoms with Crippen molar-refractivity contribution in [2.45, 2.75) is 98.5 Å². The summed E-state index contributed by atoms with van der Waals surface area (Å²) in [4.78, 5) is 0. The Morgan fingerprint density at radius 3 is 1.89 bits per heavy atom. The number of hydrogen-bond acceptors (Lipinski definition) is 1. The first-order valence-electron chi connectivity index (χ1n) is 8.14. The quantitative estimate of drug-likeness (QED) is 0.414. The van der Waals surface area contributed by atoms with E-state index in [9.17, 15) is 0 Å². The van der Waals surface area contributed by atoms with Crippen LogP contribution < -0.4 is 0 Å². The Bertz CT molecular complexity index is 169. The van der Waals surface area contributed by atoms with Crippen molar-refractivity contribution in [1.82, 2.24) is 0 Å². The second-order valence-corrected chi connectivity index (χ2v) is 6.64. The molecule has 1 unspecified atom stereocenters. The molecule has 0 saturated carbocycles. The van der Waals surface area contributed by atoms with Crippen molar-refractivity contribution >= 4 is 0 Å². The molecule has 1 heteroatoms. The number of ether oxygens (including phenoxy) is 1. The third kappa shape index (κ3) is 9.94. The van der Waals surface area contributed by atoms with Crippen LogP contribution in [0.5, 0.6) is 0 Å². The summed E-state index contributed by atoms with van der Waals surface area (Å²) < 4.78 is 6.07. The van der Waals surface area contributed by atoms with Crippen LogP contribution in [0, 0.1) is 5.41 Å². The largest absolute Gasteiger partial charge is 0.378 e. The Balaban J connectivity index is 3.73. The maximum absolute atomic E-state index is 6.07. The van der Waals surface area contributed by atoms with Gasteiger partial charge in [-0.2, -0.15) is 0 Å². The van der Waals surface area contributed by atoms with E-state index >= 15 is 0 Å². The Morgan fingerprint density at radius 2 is 1.33 bits per heavy atom. The zero-order valence-corrected chi connectivity index (χ0v) is 13.6. The van der Waals surface area contributed by atoms with Gasteiger partial charge in [0.1, 0.15) is 0 Å². The van der Waals surface area contributed by atoms with E-state index in [-0.39, 0.29) is 5.41 Å². The van der Waals surface area contributed by atoms with Gasteiger partial charge in [0, 0.05) is 6.61 Å². The first kappa shape index (κ1) is 18.0. The molecular formula is C17H36O. The highest BCUT2D eigenvalue weighted by Gasteiger charge is 2.24. The predicted molar refractivity (Wildman–Crippen MR) is 82.1 cm³/mol. The lowest BCUT2D eigenvalue weighted by molar-refractivity contribution is -0.0252. The number of unbranched alkanes of at least 4 members (excludes halogenated alkanes) is 6. The molecule has 0 N–H and O–H groups in total. The van der Waals surface area contributed by atoms with E-state index in [1.165, 1.54) is 57.8 Å². The van der Waals surface area contributed by atoms with E-state index < -0.39 is 0 Å². The smallest absolute Gasteiger partial charge is 0.0623 e. The van der Waals surface area contributed by atoms with E-state index in [1.54, 1.807) is 0 Å². The molecule has 1 nitrogen and oxygen atoms in total. The van der Waals surface area contributed by atoms with Crippen molar-refractivity contribution in [2.24, 2.45) is 5.41 Å². The van der Waals surface area contributed by atoms with Crippen LogP contribution in [0.15, 0.2) is 0 Å². The molecule has 0 heterocycles. The maximum Gasteiger partial charge on any atom is 0.0623 e. The molecule has 0 spiro atoms. The minimum Gasteiger partial charge on any atom is -0.378 e. The van der Waals surface area contributed by atoms with Crippen LogP contribution in [0.25, 0.3) is 0 Å². The topological polar surface area (TPSA) is 9.23 Å². The molecule has 0 aromatic heterocycles. The van der Waals surface area contributed by atoms with Crippen LogP contribution in [0.1, 0.15) is 92.4 Å². The van der Waals surface area contributed by atoms with E-state index in [4.69, 9.17) is 4.74 Å². The fraction of sp³-hybridized carbons (Fsp3) is 1.00. The minimum absolute atomic E-state index is 0.289. The van der Waals surface area contributed by atoms with Gasteiger partial charge in [-0.15, -0.1) is 0 Å². The number of hydrogen-bond donors (Lipinski definition) is 0. The SMILES string of the molecule is CCCCCCCCC(OCCCC)C(C)(C)C. The van der Waals surface area contributed by atoms with Crippen molar-refractivity contribution in [3.05, 3.63) is 0 Å². The van der Waals surface area contributed by atoms with Gasteiger partial charge in [-0.05, 0) is 18.3 Å². The normalized spacial score (nSPS) is 13.8. The summed E-state index contributed by atoms with van der Waals surface area (Å²) in [5, 5.41) is 0.